The van der Waals surface area contributed by atoms with Gasteiger partial charge in [0.05, 0.1) is 0 Å². The summed E-state index contributed by atoms with van der Waals surface area (Å²) in [6.07, 6.45) is 3.76. The number of piperidine rings is 1. The van der Waals surface area contributed by atoms with E-state index in [1.54, 1.807) is 24.3 Å². The second-order valence-electron chi connectivity index (χ2n) is 8.83. The summed E-state index contributed by atoms with van der Waals surface area (Å²) in [4.78, 5) is 27.2. The van der Waals surface area contributed by atoms with E-state index >= 15 is 0 Å². The molecule has 0 radical (unpaired) electrons. The summed E-state index contributed by atoms with van der Waals surface area (Å²) in [5.74, 6) is -0.178. The van der Waals surface area contributed by atoms with Gasteiger partial charge in [0.1, 0.15) is 0 Å². The molecule has 26 heavy (non-hydrogen) atoms. The summed E-state index contributed by atoms with van der Waals surface area (Å²) >= 11 is 0. The lowest BCUT2D eigenvalue weighted by molar-refractivity contribution is -0.123. The number of anilines is 1. The summed E-state index contributed by atoms with van der Waals surface area (Å²) < 4.78 is 0. The molecular formula is C21H33N3O2. The number of amides is 2. The highest BCUT2D eigenvalue weighted by Crippen LogP contribution is 2.21. The minimum atomic E-state index is -0.475. The number of hydrogen-bond acceptors (Lipinski definition) is 3. The summed E-state index contributed by atoms with van der Waals surface area (Å²) in [6, 6.07) is 7.10. The minimum absolute atomic E-state index is 0.0614. The van der Waals surface area contributed by atoms with Crippen molar-refractivity contribution in [2.75, 3.05) is 25.0 Å². The van der Waals surface area contributed by atoms with Crippen LogP contribution in [-0.4, -0.2) is 41.9 Å². The van der Waals surface area contributed by atoms with Gasteiger partial charge in [0.25, 0.3) is 5.91 Å². The topological polar surface area (TPSA) is 61.4 Å². The third kappa shape index (κ3) is 5.56. The second-order valence-corrected chi connectivity index (χ2v) is 8.83. The van der Waals surface area contributed by atoms with Gasteiger partial charge >= 0.3 is 0 Å². The lowest BCUT2D eigenvalue weighted by atomic mass is 9.95. The van der Waals surface area contributed by atoms with E-state index in [-0.39, 0.29) is 17.4 Å². The van der Waals surface area contributed by atoms with E-state index in [1.807, 2.05) is 20.8 Å². The molecule has 0 aromatic heterocycles. The number of benzene rings is 1. The van der Waals surface area contributed by atoms with Crippen molar-refractivity contribution in [3.8, 4) is 0 Å². The third-order valence-electron chi connectivity index (χ3n) is 4.96. The molecule has 0 unspecified atom stereocenters. The first kappa shape index (κ1) is 20.4. The number of likely N-dealkylation sites (tertiary alicyclic amines) is 1. The molecule has 1 aromatic rings. The first-order valence-corrected chi connectivity index (χ1v) is 9.54. The average molecular weight is 360 g/mol. The zero-order chi connectivity index (χ0) is 19.4. The molecule has 1 heterocycles. The van der Waals surface area contributed by atoms with Crippen LogP contribution in [0.25, 0.3) is 0 Å². The van der Waals surface area contributed by atoms with Gasteiger partial charge in [0, 0.05) is 28.7 Å². The fraction of sp³-hybridized carbons (Fsp3) is 0.619. The summed E-state index contributed by atoms with van der Waals surface area (Å²) in [5, 5.41) is 5.93. The fourth-order valence-electron chi connectivity index (χ4n) is 3.07. The molecule has 1 saturated heterocycles. The molecule has 0 spiro atoms. The zero-order valence-electron chi connectivity index (χ0n) is 16.8. The molecular weight excluding hydrogens is 326 g/mol. The van der Waals surface area contributed by atoms with Gasteiger partial charge in [-0.3, -0.25) is 14.5 Å². The molecule has 2 N–H and O–H groups in total. The van der Waals surface area contributed by atoms with Gasteiger partial charge in [0.15, 0.2) is 0 Å². The predicted molar refractivity (Wildman–Crippen MR) is 106 cm³/mol. The molecule has 0 atom stereocenters. The standard InChI is InChI=1S/C21H33N3O2/c1-20(2,3)19(26)23-17-11-9-10-16(14-17)18(25)22-15-21(4,5)24-12-7-6-8-13-24/h9-11,14H,6-8,12-13,15H2,1-5H3,(H,22,25)(H,23,26). The first-order valence-electron chi connectivity index (χ1n) is 9.54. The average Bonchev–Trinajstić information content (AvgIpc) is 2.60. The number of carbonyl (C=O) groups excluding carboxylic acids is 2. The van der Waals surface area contributed by atoms with Crippen LogP contribution in [0.2, 0.25) is 0 Å². The first-order chi connectivity index (χ1) is 12.1. The summed E-state index contributed by atoms with van der Waals surface area (Å²) in [6.45, 7) is 12.7. The van der Waals surface area contributed by atoms with Crippen LogP contribution in [0.4, 0.5) is 5.69 Å². The van der Waals surface area contributed by atoms with Crippen LogP contribution < -0.4 is 10.6 Å². The van der Waals surface area contributed by atoms with E-state index in [4.69, 9.17) is 0 Å². The van der Waals surface area contributed by atoms with E-state index in [9.17, 15) is 9.59 Å². The van der Waals surface area contributed by atoms with Gasteiger partial charge in [-0.25, -0.2) is 0 Å². The van der Waals surface area contributed by atoms with Gasteiger partial charge in [-0.1, -0.05) is 33.3 Å². The second kappa shape index (κ2) is 8.21. The molecule has 144 valence electrons. The van der Waals surface area contributed by atoms with Crippen LogP contribution in [0, 0.1) is 5.41 Å². The van der Waals surface area contributed by atoms with Gasteiger partial charge in [-0.15, -0.1) is 0 Å². The van der Waals surface area contributed by atoms with Gasteiger partial charge < -0.3 is 10.6 Å². The van der Waals surface area contributed by atoms with E-state index in [1.165, 1.54) is 19.3 Å². The molecule has 5 heteroatoms. The van der Waals surface area contributed by atoms with E-state index in [2.05, 4.69) is 29.4 Å². The van der Waals surface area contributed by atoms with Crippen LogP contribution in [0.5, 0.6) is 0 Å². The minimum Gasteiger partial charge on any atom is -0.350 e. The van der Waals surface area contributed by atoms with Crippen LogP contribution >= 0.6 is 0 Å². The van der Waals surface area contributed by atoms with Crippen molar-refractivity contribution in [3.63, 3.8) is 0 Å². The molecule has 1 aromatic carbocycles. The van der Waals surface area contributed by atoms with Crippen LogP contribution in [0.1, 0.15) is 64.2 Å². The molecule has 0 aliphatic carbocycles. The molecule has 2 rings (SSSR count). The highest BCUT2D eigenvalue weighted by Gasteiger charge is 2.28. The Bertz CT molecular complexity index is 641. The maximum Gasteiger partial charge on any atom is 0.251 e. The maximum atomic E-state index is 12.6. The molecule has 0 bridgehead atoms. The third-order valence-corrected chi connectivity index (χ3v) is 4.96. The Kier molecular flexibility index (Phi) is 6.45. The van der Waals surface area contributed by atoms with Crippen LogP contribution in [-0.2, 0) is 4.79 Å². The van der Waals surface area contributed by atoms with Gasteiger partial charge in [-0.05, 0) is 58.0 Å². The van der Waals surface area contributed by atoms with E-state index in [0.717, 1.165) is 13.1 Å². The Labute approximate surface area is 157 Å². The van der Waals surface area contributed by atoms with Crippen LogP contribution in [0.15, 0.2) is 24.3 Å². The SMILES string of the molecule is CC(C)(C)C(=O)Nc1cccc(C(=O)NCC(C)(C)N2CCCCC2)c1. The molecule has 5 nitrogen and oxygen atoms in total. The number of nitrogens with zero attached hydrogens (tertiary/aromatic N) is 1. The monoisotopic (exact) mass is 359 g/mol. The van der Waals surface area contributed by atoms with Crippen molar-refractivity contribution >= 4 is 17.5 Å². The molecule has 1 aliphatic rings. The molecule has 0 saturated carbocycles. The lowest BCUT2D eigenvalue weighted by Gasteiger charge is -2.41. The number of carbonyl (C=O) groups is 2. The van der Waals surface area contributed by atoms with Crippen molar-refractivity contribution in [1.29, 1.82) is 0 Å². The Morgan fingerprint density at radius 2 is 1.69 bits per heavy atom. The van der Waals surface area contributed by atoms with Crippen molar-refractivity contribution in [2.45, 2.75) is 59.4 Å². The summed E-state index contributed by atoms with van der Waals surface area (Å²) in [5.41, 5.74) is 0.671. The van der Waals surface area contributed by atoms with Crippen LogP contribution in [0.3, 0.4) is 0 Å². The smallest absolute Gasteiger partial charge is 0.251 e. The number of rotatable bonds is 5. The molecule has 2 amide bonds. The van der Waals surface area contributed by atoms with E-state index < -0.39 is 5.41 Å². The number of hydrogen-bond donors (Lipinski definition) is 2. The quantitative estimate of drug-likeness (QED) is 0.843. The maximum absolute atomic E-state index is 12.6. The zero-order valence-corrected chi connectivity index (χ0v) is 16.8. The van der Waals surface area contributed by atoms with Crippen molar-refractivity contribution < 1.29 is 9.59 Å². The largest absolute Gasteiger partial charge is 0.350 e. The summed E-state index contributed by atoms with van der Waals surface area (Å²) in [7, 11) is 0. The van der Waals surface area contributed by atoms with Gasteiger partial charge in [0.2, 0.25) is 5.91 Å². The Hall–Kier alpha value is -1.88. The van der Waals surface area contributed by atoms with E-state index in [0.29, 0.717) is 17.8 Å². The fourth-order valence-corrected chi connectivity index (χ4v) is 3.07. The van der Waals surface area contributed by atoms with Crippen molar-refractivity contribution in [3.05, 3.63) is 29.8 Å². The number of nitrogens with one attached hydrogen (secondary N) is 2. The predicted octanol–water partition coefficient (Wildman–Crippen LogP) is 3.67. The van der Waals surface area contributed by atoms with Crippen molar-refractivity contribution in [2.24, 2.45) is 5.41 Å². The van der Waals surface area contributed by atoms with Gasteiger partial charge in [-0.2, -0.15) is 0 Å². The Balaban J connectivity index is 1.97. The lowest BCUT2D eigenvalue weighted by Crippen LogP contribution is -2.53. The highest BCUT2D eigenvalue weighted by molar-refractivity contribution is 5.98. The molecule has 1 aliphatic heterocycles. The van der Waals surface area contributed by atoms with Crippen molar-refractivity contribution in [1.82, 2.24) is 10.2 Å². The molecule has 1 fully saturated rings. The Morgan fingerprint density at radius 3 is 2.31 bits per heavy atom. The normalized spacial score (nSPS) is 16.2. The Morgan fingerprint density at radius 1 is 1.04 bits per heavy atom. The highest BCUT2D eigenvalue weighted by atomic mass is 16.2.